The lowest BCUT2D eigenvalue weighted by atomic mass is 10.1. The zero-order chi connectivity index (χ0) is 26.0. The number of halogens is 4. The number of alkyl halides is 3. The molecule has 0 saturated heterocycles. The fourth-order valence-corrected chi connectivity index (χ4v) is 3.77. The molecular weight excluding hydrogens is 484 g/mol. The molecule has 9 nitrogen and oxygen atoms in total. The highest BCUT2D eigenvalue weighted by atomic mass is 32.2. The second-order valence-electron chi connectivity index (χ2n) is 7.41. The van der Waals surface area contributed by atoms with E-state index < -0.39 is 58.3 Å². The van der Waals surface area contributed by atoms with Crippen LogP contribution in [0.5, 0.6) is 0 Å². The Hall–Kier alpha value is -3.42. The summed E-state index contributed by atoms with van der Waals surface area (Å²) >= 11 is 0. The first-order valence-electron chi connectivity index (χ1n) is 9.61. The first-order chi connectivity index (χ1) is 15.7. The summed E-state index contributed by atoms with van der Waals surface area (Å²) in [6.45, 7) is 1.23. The average molecular weight is 506 g/mol. The summed E-state index contributed by atoms with van der Waals surface area (Å²) in [6.07, 6.45) is -2.41. The first-order valence-corrected chi connectivity index (χ1v) is 11.5. The second-order valence-corrected chi connectivity index (χ2v) is 9.16. The topological polar surface area (TPSA) is 126 Å². The number of hydrogen-bond acceptors (Lipinski definition) is 5. The maximum absolute atomic E-state index is 13.9. The lowest BCUT2D eigenvalue weighted by molar-refractivity contribution is -0.119. The largest absolute Gasteiger partial charge is 0.344 e. The molecule has 0 fully saturated rings. The van der Waals surface area contributed by atoms with E-state index >= 15 is 0 Å². The highest BCUT2D eigenvalue weighted by Gasteiger charge is 2.31. The first kappa shape index (κ1) is 26.8. The van der Waals surface area contributed by atoms with Gasteiger partial charge in [0, 0.05) is 18.4 Å². The minimum atomic E-state index is -3.80. The van der Waals surface area contributed by atoms with Crippen LogP contribution in [0.15, 0.2) is 18.2 Å². The summed E-state index contributed by atoms with van der Waals surface area (Å²) in [7, 11) is -2.43. The summed E-state index contributed by atoms with van der Waals surface area (Å²) in [5.74, 6) is -4.36. The molecular formula is C20H22F4N4O5S. The molecule has 0 spiro atoms. The molecule has 0 aliphatic carbocycles. The van der Waals surface area contributed by atoms with Crippen molar-refractivity contribution in [2.75, 3.05) is 23.0 Å². The van der Waals surface area contributed by atoms with E-state index in [4.69, 9.17) is 0 Å². The van der Waals surface area contributed by atoms with Crippen LogP contribution in [0.4, 0.5) is 28.9 Å². The molecule has 0 bridgehead atoms. The molecule has 0 radical (unpaired) electrons. The third-order valence-corrected chi connectivity index (χ3v) is 5.48. The van der Waals surface area contributed by atoms with Crippen molar-refractivity contribution in [2.45, 2.75) is 26.3 Å². The van der Waals surface area contributed by atoms with Crippen molar-refractivity contribution in [3.63, 3.8) is 0 Å². The third kappa shape index (κ3) is 5.92. The molecule has 1 unspecified atom stereocenters. The summed E-state index contributed by atoms with van der Waals surface area (Å²) in [6, 6.07) is 0.990. The van der Waals surface area contributed by atoms with Gasteiger partial charge < -0.3 is 15.2 Å². The molecule has 1 heterocycles. The van der Waals surface area contributed by atoms with E-state index in [-0.39, 0.29) is 28.2 Å². The fraction of sp³-hybridized carbons (Fsp3) is 0.350. The molecule has 1 aromatic heterocycles. The molecule has 14 heteroatoms. The molecule has 3 N–H and O–H groups in total. The van der Waals surface area contributed by atoms with Gasteiger partial charge in [0.2, 0.25) is 10.0 Å². The number of carbonyl (C=O) groups excluding carboxylic acids is 3. The van der Waals surface area contributed by atoms with Gasteiger partial charge in [-0.2, -0.15) is 0 Å². The maximum Gasteiger partial charge on any atom is 0.294 e. The molecule has 0 saturated carbocycles. The van der Waals surface area contributed by atoms with E-state index in [9.17, 15) is 40.4 Å². The monoisotopic (exact) mass is 506 g/mol. The summed E-state index contributed by atoms with van der Waals surface area (Å²) in [5.41, 5.74) is -0.409. The van der Waals surface area contributed by atoms with E-state index in [1.807, 2.05) is 4.72 Å². The van der Waals surface area contributed by atoms with Crippen LogP contribution in [-0.2, 0) is 21.9 Å². The number of nitrogens with zero attached hydrogens (tertiary/aromatic N) is 1. The van der Waals surface area contributed by atoms with Crippen LogP contribution in [-0.4, -0.2) is 56.0 Å². The van der Waals surface area contributed by atoms with Crippen molar-refractivity contribution in [3.8, 4) is 0 Å². The number of Topliss-reactive ketones (excluding diaryl/α,β-unsaturated/α-hetero) is 1. The number of carbonyl (C=O) groups is 3. The smallest absolute Gasteiger partial charge is 0.294 e. The molecule has 0 aliphatic rings. The van der Waals surface area contributed by atoms with E-state index in [2.05, 4.69) is 5.32 Å². The van der Waals surface area contributed by atoms with Crippen LogP contribution in [0.1, 0.15) is 32.1 Å². The molecule has 2 aromatic rings. The second kappa shape index (κ2) is 10.2. The van der Waals surface area contributed by atoms with E-state index in [0.29, 0.717) is 0 Å². The van der Waals surface area contributed by atoms with Crippen molar-refractivity contribution in [1.29, 1.82) is 0 Å². The Balaban J connectivity index is 2.35. The van der Waals surface area contributed by atoms with Gasteiger partial charge in [0.15, 0.2) is 0 Å². The SMILES string of the molecule is Cc1c(C(=O)Nc2ccc(F)c(NS(C)(=O)=O)c2)c(C)n(C)c1C(=O)C(=O)NC(CF)C(F)F. The fourth-order valence-electron chi connectivity index (χ4n) is 3.22. The van der Waals surface area contributed by atoms with Crippen LogP contribution in [0.3, 0.4) is 0 Å². The van der Waals surface area contributed by atoms with Crippen LogP contribution in [0.25, 0.3) is 0 Å². The normalized spacial score (nSPS) is 12.4. The van der Waals surface area contributed by atoms with Crippen molar-refractivity contribution in [1.82, 2.24) is 9.88 Å². The number of rotatable bonds is 9. The third-order valence-electron chi connectivity index (χ3n) is 4.89. The standard InChI is InChI=1S/C20H22F4N4O5S/c1-9-15(19(30)25-11-5-6-12(22)13(7-11)27-34(4,32)33)10(2)28(3)16(9)17(29)20(31)26-14(8-21)18(23)24/h5-7,14,18,27H,8H2,1-4H3,(H,25,30)(H,26,31). The average Bonchev–Trinajstić information content (AvgIpc) is 2.94. The zero-order valence-corrected chi connectivity index (χ0v) is 19.3. The maximum atomic E-state index is 13.9. The van der Waals surface area contributed by atoms with Crippen molar-refractivity contribution in [2.24, 2.45) is 7.05 Å². The number of sulfonamides is 1. The highest BCUT2D eigenvalue weighted by Crippen LogP contribution is 2.25. The number of benzene rings is 1. The Morgan fingerprint density at radius 2 is 1.76 bits per heavy atom. The number of hydrogen-bond donors (Lipinski definition) is 3. The Morgan fingerprint density at radius 1 is 1.15 bits per heavy atom. The number of anilines is 2. The number of ketones is 1. The lowest BCUT2D eigenvalue weighted by Gasteiger charge is -2.14. The minimum absolute atomic E-state index is 0.0218. The predicted molar refractivity (Wildman–Crippen MR) is 116 cm³/mol. The summed E-state index contributed by atoms with van der Waals surface area (Å²) < 4.78 is 78.0. The van der Waals surface area contributed by atoms with Crippen molar-refractivity contribution >= 4 is 39.0 Å². The highest BCUT2D eigenvalue weighted by molar-refractivity contribution is 7.92. The predicted octanol–water partition coefficient (Wildman–Crippen LogP) is 2.31. The van der Waals surface area contributed by atoms with Gasteiger partial charge >= 0.3 is 0 Å². The molecule has 2 amide bonds. The summed E-state index contributed by atoms with van der Waals surface area (Å²) in [5, 5.41) is 4.07. The van der Waals surface area contributed by atoms with Crippen LogP contribution in [0, 0.1) is 19.7 Å². The van der Waals surface area contributed by atoms with Gasteiger partial charge in [0.1, 0.15) is 18.5 Å². The molecule has 186 valence electrons. The summed E-state index contributed by atoms with van der Waals surface area (Å²) in [4.78, 5) is 37.6. The van der Waals surface area contributed by atoms with E-state index in [1.54, 1.807) is 5.32 Å². The molecule has 34 heavy (non-hydrogen) atoms. The van der Waals surface area contributed by atoms with Gasteiger partial charge in [-0.1, -0.05) is 0 Å². The molecule has 0 aliphatic heterocycles. The van der Waals surface area contributed by atoms with Crippen LogP contribution >= 0.6 is 0 Å². The van der Waals surface area contributed by atoms with Gasteiger partial charge in [-0.05, 0) is 37.6 Å². The molecule has 2 rings (SSSR count). The van der Waals surface area contributed by atoms with Crippen LogP contribution in [0.2, 0.25) is 0 Å². The quantitative estimate of drug-likeness (QED) is 0.273. The van der Waals surface area contributed by atoms with Crippen LogP contribution < -0.4 is 15.4 Å². The molecule has 1 atom stereocenters. The van der Waals surface area contributed by atoms with Crippen molar-refractivity contribution < 1.29 is 40.4 Å². The Bertz CT molecular complexity index is 1240. The Kier molecular flexibility index (Phi) is 8.08. The Morgan fingerprint density at radius 3 is 2.29 bits per heavy atom. The Labute approximate surface area is 192 Å². The van der Waals surface area contributed by atoms with E-state index in [1.165, 1.54) is 31.5 Å². The number of nitrogens with one attached hydrogen (secondary N) is 3. The van der Waals surface area contributed by atoms with Gasteiger partial charge in [-0.15, -0.1) is 0 Å². The van der Waals surface area contributed by atoms with Crippen molar-refractivity contribution in [3.05, 3.63) is 46.5 Å². The van der Waals surface area contributed by atoms with Gasteiger partial charge in [-0.25, -0.2) is 26.0 Å². The van der Waals surface area contributed by atoms with Gasteiger partial charge in [-0.3, -0.25) is 19.1 Å². The number of aromatic nitrogens is 1. The molecule has 1 aromatic carbocycles. The van der Waals surface area contributed by atoms with E-state index in [0.717, 1.165) is 18.4 Å². The number of amides is 2. The van der Waals surface area contributed by atoms with Gasteiger partial charge in [0.05, 0.1) is 23.2 Å². The van der Waals surface area contributed by atoms with Gasteiger partial charge in [0.25, 0.3) is 24.0 Å². The minimum Gasteiger partial charge on any atom is -0.344 e. The lowest BCUT2D eigenvalue weighted by Crippen LogP contribution is -2.45. The zero-order valence-electron chi connectivity index (χ0n) is 18.5.